The van der Waals surface area contributed by atoms with Crippen LogP contribution in [0, 0.1) is 30.3 Å². The van der Waals surface area contributed by atoms with Crippen LogP contribution in [-0.4, -0.2) is 21.9 Å². The molecule has 0 amide bonds. The fraction of sp³-hybridized carbons (Fsp3) is 0.0238. The minimum absolute atomic E-state index is 0. The zero-order chi connectivity index (χ0) is 29.2. The van der Waals surface area contributed by atoms with Crippen molar-refractivity contribution in [3.8, 4) is 0 Å². The van der Waals surface area contributed by atoms with Crippen molar-refractivity contribution >= 4 is 68.3 Å². The summed E-state index contributed by atoms with van der Waals surface area (Å²) in [5, 5.41) is 5.39. The van der Waals surface area contributed by atoms with Crippen LogP contribution < -0.4 is 0 Å². The van der Waals surface area contributed by atoms with Gasteiger partial charge in [0.2, 0.25) is 0 Å². The normalized spacial score (nSPS) is 9.02. The topological polar surface area (TPSA) is 0 Å². The fourth-order valence-electron chi connectivity index (χ4n) is 3.61. The molecule has 0 nitrogen and oxygen atoms in total. The summed E-state index contributed by atoms with van der Waals surface area (Å²) in [6.45, 7) is 0. The van der Waals surface area contributed by atoms with Gasteiger partial charge in [0, 0.05) is 48.1 Å². The first-order valence-corrected chi connectivity index (χ1v) is 13.8. The number of hydrogen-bond donors (Lipinski definition) is 0. The molecule has 0 aliphatic heterocycles. The molecule has 0 saturated heterocycles. The molecule has 0 fully saturated rings. The second-order valence-electron chi connectivity index (χ2n) is 8.63. The standard InChI is InChI=1S/C13H9.4C6H5.C5H5.2ClH.2Si.Zr/c1-3-7-12-10(5-1)9-11-6-2-4-8-13(11)12;4*1-2-4-6-5-3-1;1-2-4-5-3-1;;;;;/h1-9H;4*1-5H;1-3H,4H2;2*1H;;;/q6*-1;;;;;. The Labute approximate surface area is 323 Å². The van der Waals surface area contributed by atoms with Gasteiger partial charge in [-0.25, -0.2) is 12.2 Å². The molecule has 8 rings (SSSR count). The first-order chi connectivity index (χ1) is 20.9. The third-order valence-corrected chi connectivity index (χ3v) is 5.54. The molecule has 47 heavy (non-hydrogen) atoms. The van der Waals surface area contributed by atoms with Crippen LogP contribution in [0.5, 0.6) is 0 Å². The predicted molar refractivity (Wildman–Crippen MR) is 206 cm³/mol. The van der Waals surface area contributed by atoms with E-state index in [4.69, 9.17) is 0 Å². The van der Waals surface area contributed by atoms with E-state index in [1.54, 1.807) is 0 Å². The van der Waals surface area contributed by atoms with Crippen LogP contribution in [-0.2, 0) is 26.2 Å². The summed E-state index contributed by atoms with van der Waals surface area (Å²) in [5.74, 6) is 0. The van der Waals surface area contributed by atoms with Crippen LogP contribution in [0.4, 0.5) is 0 Å². The van der Waals surface area contributed by atoms with E-state index >= 15 is 0 Å². The van der Waals surface area contributed by atoms with Crippen molar-refractivity contribution in [2.45, 2.75) is 6.42 Å². The van der Waals surface area contributed by atoms with Gasteiger partial charge in [-0.05, 0) is 0 Å². The van der Waals surface area contributed by atoms with Gasteiger partial charge in [-0.3, -0.25) is 6.08 Å². The first kappa shape index (κ1) is 48.0. The Kier molecular flexibility index (Phi) is 34.6. The Morgan fingerprint density at radius 2 is 0.745 bits per heavy atom. The number of rotatable bonds is 0. The van der Waals surface area contributed by atoms with E-state index < -0.39 is 0 Å². The van der Waals surface area contributed by atoms with Crippen molar-refractivity contribution in [2.75, 3.05) is 0 Å². The third-order valence-electron chi connectivity index (χ3n) is 5.54. The van der Waals surface area contributed by atoms with Crippen molar-refractivity contribution in [1.82, 2.24) is 0 Å². The van der Waals surface area contributed by atoms with Gasteiger partial charge in [0.15, 0.2) is 0 Å². The number of hydrogen-bond acceptors (Lipinski definition) is 0. The minimum Gasteiger partial charge on any atom is -0.273 e. The van der Waals surface area contributed by atoms with Crippen LogP contribution in [0.15, 0.2) is 194 Å². The Hall–Kier alpha value is -3.43. The third kappa shape index (κ3) is 22.7. The van der Waals surface area contributed by atoms with Crippen LogP contribution >= 0.6 is 24.8 Å². The van der Waals surface area contributed by atoms with E-state index in [0.717, 1.165) is 6.42 Å². The molecule has 0 atom stereocenters. The quantitative estimate of drug-likeness (QED) is 0.107. The molecule has 0 saturated carbocycles. The van der Waals surface area contributed by atoms with Gasteiger partial charge in [-0.15, -0.1) is 71.0 Å². The Morgan fingerprint density at radius 1 is 0.426 bits per heavy atom. The molecule has 0 bridgehead atoms. The smallest absolute Gasteiger partial charge is 0 e. The van der Waals surface area contributed by atoms with Crippen molar-refractivity contribution in [1.29, 1.82) is 0 Å². The molecule has 8 radical (unpaired) electrons. The summed E-state index contributed by atoms with van der Waals surface area (Å²) in [6.07, 6.45) is 10.0. The van der Waals surface area contributed by atoms with Gasteiger partial charge in [-0.2, -0.15) is 152 Å². The summed E-state index contributed by atoms with van der Waals surface area (Å²) in [6, 6.07) is 69.3. The van der Waals surface area contributed by atoms with Crippen LogP contribution in [0.2, 0.25) is 0 Å². The van der Waals surface area contributed by atoms with E-state index in [1.165, 1.54) is 21.5 Å². The molecule has 7 aromatic rings. The summed E-state index contributed by atoms with van der Waals surface area (Å²) in [4.78, 5) is 0. The average molecular weight is 759 g/mol. The molecular formula is C42H36Cl2Si2Zr-6. The summed E-state index contributed by atoms with van der Waals surface area (Å²) >= 11 is 0. The van der Waals surface area contributed by atoms with Gasteiger partial charge in [0.25, 0.3) is 0 Å². The Balaban J connectivity index is -0.000000504. The number of benzene rings is 6. The predicted octanol–water partition coefficient (Wildman–Crippen LogP) is 11.0. The fourth-order valence-corrected chi connectivity index (χ4v) is 3.61. The maximum Gasteiger partial charge on any atom is 0 e. The van der Waals surface area contributed by atoms with Crippen LogP contribution in [0.25, 0.3) is 21.5 Å². The number of allylic oxidation sites excluding steroid dienone is 4. The molecule has 1 aliphatic carbocycles. The molecule has 0 N–H and O–H groups in total. The maximum atomic E-state index is 2.99. The molecule has 0 aromatic heterocycles. The van der Waals surface area contributed by atoms with Gasteiger partial charge in [0.05, 0.1) is 0 Å². The van der Waals surface area contributed by atoms with E-state index in [2.05, 4.69) is 91.0 Å². The summed E-state index contributed by atoms with van der Waals surface area (Å²) in [5.41, 5.74) is 0. The summed E-state index contributed by atoms with van der Waals surface area (Å²) in [7, 11) is 0. The van der Waals surface area contributed by atoms with Crippen molar-refractivity contribution in [3.63, 3.8) is 0 Å². The molecular weight excluding hydrogens is 723 g/mol. The van der Waals surface area contributed by atoms with E-state index in [-0.39, 0.29) is 72.9 Å². The second kappa shape index (κ2) is 33.9. The van der Waals surface area contributed by atoms with Crippen molar-refractivity contribution in [3.05, 3.63) is 224 Å². The molecule has 0 heterocycles. The van der Waals surface area contributed by atoms with E-state index in [9.17, 15) is 0 Å². The average Bonchev–Trinajstić information content (AvgIpc) is 3.82. The largest absolute Gasteiger partial charge is 0.273 e. The molecule has 5 heteroatoms. The van der Waals surface area contributed by atoms with Gasteiger partial charge in [0.1, 0.15) is 0 Å². The van der Waals surface area contributed by atoms with Gasteiger partial charge >= 0.3 is 0 Å². The van der Waals surface area contributed by atoms with Crippen LogP contribution in [0.1, 0.15) is 6.42 Å². The molecule has 0 spiro atoms. The second-order valence-corrected chi connectivity index (χ2v) is 8.63. The summed E-state index contributed by atoms with van der Waals surface area (Å²) < 4.78 is 0. The monoisotopic (exact) mass is 756 g/mol. The number of fused-ring (bicyclic) bond motifs is 3. The zero-order valence-corrected chi connectivity index (χ0v) is 32.1. The van der Waals surface area contributed by atoms with E-state index in [1.807, 2.05) is 133 Å². The molecule has 7 aromatic carbocycles. The van der Waals surface area contributed by atoms with Crippen molar-refractivity contribution in [2.24, 2.45) is 0 Å². The maximum absolute atomic E-state index is 2.99. The van der Waals surface area contributed by atoms with Crippen molar-refractivity contribution < 1.29 is 26.2 Å². The molecule has 0 unspecified atom stereocenters. The Morgan fingerprint density at radius 3 is 0.936 bits per heavy atom. The molecule has 236 valence electrons. The van der Waals surface area contributed by atoms with Crippen LogP contribution in [0.3, 0.4) is 0 Å². The minimum atomic E-state index is 0. The van der Waals surface area contributed by atoms with E-state index in [0.29, 0.717) is 0 Å². The SMILES string of the molecule is Cl.Cl.[C-]1=CC=CC1.[Si].[Si].[Zr].[c-]1ccccc1.[c-]1ccccc1.[c-]1ccccc1.[c-]1ccccc1.c1ccc2c(c1)[cH-]c1ccccc12. The first-order valence-electron chi connectivity index (χ1n) is 13.8. The Bertz CT molecular complexity index is 1350. The zero-order valence-electron chi connectivity index (χ0n) is 26.0. The van der Waals surface area contributed by atoms with Gasteiger partial charge < -0.3 is 0 Å². The molecule has 1 aliphatic rings. The number of halogens is 2. The van der Waals surface area contributed by atoms with Gasteiger partial charge in [-0.1, -0.05) is 36.4 Å².